The highest BCUT2D eigenvalue weighted by Gasteiger charge is 2.56. The van der Waals surface area contributed by atoms with Crippen LogP contribution >= 0.6 is 15.9 Å². The third-order valence-corrected chi connectivity index (χ3v) is 8.85. The molecule has 2 aromatic carbocycles. The lowest BCUT2D eigenvalue weighted by atomic mass is 9.59. The van der Waals surface area contributed by atoms with Gasteiger partial charge in [-0.25, -0.2) is 4.39 Å². The van der Waals surface area contributed by atoms with Crippen LogP contribution in [0, 0.1) is 23.6 Å². The zero-order valence-corrected chi connectivity index (χ0v) is 22.0. The number of phenolic OH excluding ortho intramolecular Hbond substituents is 1. The van der Waals surface area contributed by atoms with E-state index in [1.807, 2.05) is 25.1 Å². The minimum Gasteiger partial charge on any atom is -0.505 e. The summed E-state index contributed by atoms with van der Waals surface area (Å²) in [6.45, 7) is 2.02. The number of halogens is 2. The summed E-state index contributed by atoms with van der Waals surface area (Å²) in [5.41, 5.74) is 2.80. The van der Waals surface area contributed by atoms with Gasteiger partial charge >= 0.3 is 0 Å². The third-order valence-electron chi connectivity index (χ3n) is 8.26. The van der Waals surface area contributed by atoms with Crippen molar-refractivity contribution in [1.82, 2.24) is 0 Å². The van der Waals surface area contributed by atoms with Crippen molar-refractivity contribution in [3.05, 3.63) is 92.8 Å². The number of hydrogen-bond acceptors (Lipinski definition) is 5. The molecular weight excluding hydrogens is 553 g/mol. The van der Waals surface area contributed by atoms with Crippen LogP contribution in [0.3, 0.4) is 0 Å². The first-order valence-electron chi connectivity index (χ1n) is 12.6. The number of imide groups is 1. The number of benzene rings is 2. The van der Waals surface area contributed by atoms with E-state index in [1.54, 1.807) is 12.1 Å². The molecule has 192 valence electrons. The quantitative estimate of drug-likeness (QED) is 0.314. The van der Waals surface area contributed by atoms with Gasteiger partial charge in [-0.3, -0.25) is 24.1 Å². The molecule has 38 heavy (non-hydrogen) atoms. The minimum atomic E-state index is -0.908. The van der Waals surface area contributed by atoms with Gasteiger partial charge in [-0.2, -0.15) is 0 Å². The number of phenols is 1. The molecule has 6 rings (SSSR count). The van der Waals surface area contributed by atoms with Gasteiger partial charge in [0.05, 0.1) is 22.0 Å². The molecule has 2 amide bonds. The van der Waals surface area contributed by atoms with Crippen molar-refractivity contribution in [3.63, 3.8) is 0 Å². The Balaban J connectivity index is 1.48. The van der Waals surface area contributed by atoms with Crippen molar-refractivity contribution in [1.29, 1.82) is 0 Å². The number of allylic oxidation sites excluding steroid dienone is 6. The number of amides is 2. The number of anilines is 1. The van der Waals surface area contributed by atoms with Crippen molar-refractivity contribution < 1.29 is 28.7 Å². The number of hydrogen-bond donors (Lipinski definition) is 1. The number of aromatic hydroxyl groups is 1. The number of Topliss-reactive ketones (excluding diaryl/α,β-unsaturated/α-hetero) is 1. The van der Waals surface area contributed by atoms with Crippen LogP contribution in [0.5, 0.6) is 5.75 Å². The molecule has 1 saturated heterocycles. The van der Waals surface area contributed by atoms with Gasteiger partial charge in [0.15, 0.2) is 23.1 Å². The third kappa shape index (κ3) is 3.50. The Labute approximate surface area is 226 Å². The molecule has 0 saturated carbocycles. The fraction of sp³-hybridized carbons (Fsp3) is 0.267. The summed E-state index contributed by atoms with van der Waals surface area (Å²) in [6.07, 6.45) is 4.23. The molecule has 0 radical (unpaired) electrons. The van der Waals surface area contributed by atoms with Gasteiger partial charge in [0.1, 0.15) is 0 Å². The smallest absolute Gasteiger partial charge is 0.238 e. The Morgan fingerprint density at radius 1 is 1.03 bits per heavy atom. The van der Waals surface area contributed by atoms with Crippen molar-refractivity contribution >= 4 is 45.0 Å². The van der Waals surface area contributed by atoms with E-state index in [1.165, 1.54) is 23.1 Å². The summed E-state index contributed by atoms with van der Waals surface area (Å²) in [5.74, 6) is -5.71. The number of carbonyl (C=O) groups is 4. The van der Waals surface area contributed by atoms with Gasteiger partial charge in [-0.05, 0) is 64.9 Å². The van der Waals surface area contributed by atoms with E-state index in [0.29, 0.717) is 11.3 Å². The lowest BCUT2D eigenvalue weighted by molar-refractivity contribution is -0.123. The maximum atomic E-state index is 14.5. The Morgan fingerprint density at radius 2 is 1.76 bits per heavy atom. The number of ketones is 2. The molecule has 0 bridgehead atoms. The van der Waals surface area contributed by atoms with Crippen LogP contribution in [0.4, 0.5) is 10.1 Å². The maximum absolute atomic E-state index is 14.5. The number of rotatable bonds is 3. The van der Waals surface area contributed by atoms with E-state index in [2.05, 4.69) is 15.9 Å². The summed E-state index contributed by atoms with van der Waals surface area (Å²) >= 11 is 3.18. The Bertz CT molecular complexity index is 1540. The Hall–Kier alpha value is -3.65. The lowest BCUT2D eigenvalue weighted by Gasteiger charge is -2.42. The minimum absolute atomic E-state index is 0.101. The molecule has 1 fully saturated rings. The first-order chi connectivity index (χ1) is 18.2. The van der Waals surface area contributed by atoms with Gasteiger partial charge in [-0.1, -0.05) is 42.8 Å². The predicted molar refractivity (Wildman–Crippen MR) is 141 cm³/mol. The normalized spacial score (nSPS) is 26.7. The van der Waals surface area contributed by atoms with Gasteiger partial charge in [0.25, 0.3) is 0 Å². The van der Waals surface area contributed by atoms with Crippen molar-refractivity contribution in [2.45, 2.75) is 32.1 Å². The standard InChI is InChI=1S/C30H23BrFNO5/c1-2-14-6-8-15(9-7-14)33-29(37)18-11-10-16-19(25(18)30(33)38)12-20-26(23(34)13-21(31)27(20)35)24(16)17-4-3-5-22(32)28(17)36/h3-10,13,18-19,24-25,36H,2,11-12H2,1H3. The molecular formula is C30H23BrFNO5. The highest BCUT2D eigenvalue weighted by Crippen LogP contribution is 2.56. The molecule has 6 nitrogen and oxygen atoms in total. The summed E-state index contributed by atoms with van der Waals surface area (Å²) in [7, 11) is 0. The van der Waals surface area contributed by atoms with Crippen molar-refractivity contribution in [3.8, 4) is 5.75 Å². The van der Waals surface area contributed by atoms with Crippen molar-refractivity contribution in [2.75, 3.05) is 4.90 Å². The number of carbonyl (C=O) groups excluding carboxylic acids is 4. The molecule has 1 heterocycles. The number of nitrogens with zero attached hydrogens (tertiary/aromatic N) is 1. The molecule has 0 spiro atoms. The molecule has 3 aliphatic carbocycles. The second-order valence-electron chi connectivity index (χ2n) is 10.1. The molecule has 4 atom stereocenters. The number of aryl methyl sites for hydroxylation is 1. The summed E-state index contributed by atoms with van der Waals surface area (Å²) in [4.78, 5) is 55.1. The van der Waals surface area contributed by atoms with Crippen LogP contribution in [0.25, 0.3) is 0 Å². The van der Waals surface area contributed by atoms with Gasteiger partial charge in [-0.15, -0.1) is 0 Å². The van der Waals surface area contributed by atoms with Crippen LogP contribution in [-0.4, -0.2) is 28.5 Å². The fourth-order valence-electron chi connectivity index (χ4n) is 6.46. The van der Waals surface area contributed by atoms with E-state index in [4.69, 9.17) is 0 Å². The van der Waals surface area contributed by atoms with Crippen LogP contribution in [0.1, 0.15) is 36.8 Å². The van der Waals surface area contributed by atoms with Crippen LogP contribution < -0.4 is 4.90 Å². The van der Waals surface area contributed by atoms with Crippen LogP contribution in [0.2, 0.25) is 0 Å². The zero-order valence-electron chi connectivity index (χ0n) is 20.4. The van der Waals surface area contributed by atoms with E-state index in [9.17, 15) is 28.7 Å². The van der Waals surface area contributed by atoms with Crippen LogP contribution in [-0.2, 0) is 25.6 Å². The largest absolute Gasteiger partial charge is 0.505 e. The Morgan fingerprint density at radius 3 is 2.47 bits per heavy atom. The first-order valence-corrected chi connectivity index (χ1v) is 13.4. The fourth-order valence-corrected chi connectivity index (χ4v) is 6.91. The summed E-state index contributed by atoms with van der Waals surface area (Å²) in [6, 6.07) is 11.4. The zero-order chi connectivity index (χ0) is 26.9. The molecule has 8 heteroatoms. The topological polar surface area (TPSA) is 91.8 Å². The lowest BCUT2D eigenvalue weighted by Crippen LogP contribution is -2.39. The molecule has 1 aliphatic heterocycles. The van der Waals surface area contributed by atoms with Crippen molar-refractivity contribution in [2.24, 2.45) is 17.8 Å². The Kier molecular flexibility index (Phi) is 5.83. The number of fused-ring (bicyclic) bond motifs is 3. The monoisotopic (exact) mass is 575 g/mol. The maximum Gasteiger partial charge on any atom is 0.238 e. The van der Waals surface area contributed by atoms with E-state index in [-0.39, 0.29) is 51.6 Å². The highest BCUT2D eigenvalue weighted by atomic mass is 79.9. The average Bonchev–Trinajstić information content (AvgIpc) is 3.17. The summed E-state index contributed by atoms with van der Waals surface area (Å²) in [5, 5.41) is 10.7. The van der Waals surface area contributed by atoms with E-state index < -0.39 is 41.0 Å². The van der Waals surface area contributed by atoms with Gasteiger partial charge < -0.3 is 5.11 Å². The molecule has 2 aromatic rings. The predicted octanol–water partition coefficient (Wildman–Crippen LogP) is 5.06. The second kappa shape index (κ2) is 8.98. The SMILES string of the molecule is CCc1ccc(N2C(=O)C3CC=C4C(c5cccc(F)c5O)C5=C(CC4C3C2=O)C(=O)C(Br)=CC5=O)cc1. The van der Waals surface area contributed by atoms with Gasteiger partial charge in [0, 0.05) is 28.7 Å². The molecule has 1 N–H and O–H groups in total. The van der Waals surface area contributed by atoms with Crippen LogP contribution in [0.15, 0.2) is 75.8 Å². The average molecular weight is 576 g/mol. The first kappa shape index (κ1) is 24.7. The molecule has 4 unspecified atom stereocenters. The van der Waals surface area contributed by atoms with E-state index in [0.717, 1.165) is 18.1 Å². The van der Waals surface area contributed by atoms with E-state index >= 15 is 0 Å². The molecule has 4 aliphatic rings. The van der Waals surface area contributed by atoms with Gasteiger partial charge in [0.2, 0.25) is 11.8 Å². The molecule has 0 aromatic heterocycles. The summed E-state index contributed by atoms with van der Waals surface area (Å²) < 4.78 is 14.6. The number of para-hydroxylation sites is 1. The highest BCUT2D eigenvalue weighted by molar-refractivity contribution is 9.12. The second-order valence-corrected chi connectivity index (χ2v) is 11.0.